The summed E-state index contributed by atoms with van der Waals surface area (Å²) in [5.74, 6) is 1.75. The van der Waals surface area contributed by atoms with E-state index in [1.807, 2.05) is 0 Å². The Morgan fingerprint density at radius 3 is 2.81 bits per heavy atom. The molecule has 1 amide bonds. The van der Waals surface area contributed by atoms with Gasteiger partial charge in [0.2, 0.25) is 6.10 Å². The molecule has 148 valence electrons. The molecular formula is C20H31BN2O4. The fraction of sp³-hybridized carbons (Fsp3) is 0.900. The van der Waals surface area contributed by atoms with Gasteiger partial charge in [-0.2, -0.15) is 0 Å². The van der Waals surface area contributed by atoms with E-state index in [4.69, 9.17) is 14.1 Å². The van der Waals surface area contributed by atoms with Crippen molar-refractivity contribution in [3.8, 4) is 0 Å². The molecule has 1 N–H and O–H groups in total. The van der Waals surface area contributed by atoms with Gasteiger partial charge >= 0.3 is 7.12 Å². The highest BCUT2D eigenvalue weighted by Crippen LogP contribution is 2.61. The molecule has 6 rings (SSSR count). The van der Waals surface area contributed by atoms with Gasteiger partial charge in [-0.3, -0.25) is 4.79 Å². The molecule has 0 aromatic rings. The number of rotatable bonds is 4. The highest BCUT2D eigenvalue weighted by atomic mass is 16.7. The summed E-state index contributed by atoms with van der Waals surface area (Å²) in [7, 11) is -0.334. The van der Waals surface area contributed by atoms with Crippen molar-refractivity contribution in [1.82, 2.24) is 5.32 Å². The summed E-state index contributed by atoms with van der Waals surface area (Å²) in [5.41, 5.74) is 1.45. The summed E-state index contributed by atoms with van der Waals surface area (Å²) in [6.45, 7) is 4.70. The zero-order valence-electron chi connectivity index (χ0n) is 16.5. The molecule has 6 nitrogen and oxygen atoms in total. The van der Waals surface area contributed by atoms with E-state index >= 15 is 0 Å². The summed E-state index contributed by atoms with van der Waals surface area (Å²) < 4.78 is 12.3. The van der Waals surface area contributed by atoms with Crippen LogP contribution in [-0.2, 0) is 18.9 Å². The molecule has 7 heteroatoms. The van der Waals surface area contributed by atoms with Gasteiger partial charge in [-0.15, -0.1) is 0 Å². The molecule has 5 atom stereocenters. The SMILES string of the molecule is CC1(C)[C@@H]2CC3OB(CNC(=O)C4CC(C5CCCCC5)=NO4)OC3[C@H]1C2. The van der Waals surface area contributed by atoms with Crippen LogP contribution in [0.3, 0.4) is 0 Å². The fourth-order valence-corrected chi connectivity index (χ4v) is 6.01. The van der Waals surface area contributed by atoms with Crippen molar-refractivity contribution in [3.05, 3.63) is 0 Å². The Hall–Kier alpha value is -1.08. The molecule has 27 heavy (non-hydrogen) atoms. The number of nitrogens with one attached hydrogen (secondary N) is 1. The van der Waals surface area contributed by atoms with E-state index in [2.05, 4.69) is 24.3 Å². The van der Waals surface area contributed by atoms with Crippen LogP contribution < -0.4 is 5.32 Å². The van der Waals surface area contributed by atoms with Crippen LogP contribution in [0.15, 0.2) is 5.16 Å². The van der Waals surface area contributed by atoms with Crippen LogP contribution in [-0.4, -0.2) is 43.5 Å². The van der Waals surface area contributed by atoms with Gasteiger partial charge in [-0.05, 0) is 42.9 Å². The molecule has 2 bridgehead atoms. The van der Waals surface area contributed by atoms with Crippen molar-refractivity contribution in [2.45, 2.75) is 83.5 Å². The van der Waals surface area contributed by atoms with Crippen LogP contribution in [0.5, 0.6) is 0 Å². The van der Waals surface area contributed by atoms with Gasteiger partial charge in [0.25, 0.3) is 5.91 Å². The second-order valence-corrected chi connectivity index (χ2v) is 9.76. The van der Waals surface area contributed by atoms with Crippen molar-refractivity contribution < 1.29 is 18.9 Å². The number of amides is 1. The summed E-state index contributed by atoms with van der Waals surface area (Å²) in [6.07, 6.45) is 9.47. The monoisotopic (exact) mass is 374 g/mol. The summed E-state index contributed by atoms with van der Waals surface area (Å²) in [5, 5.41) is 7.19. The van der Waals surface area contributed by atoms with Gasteiger partial charge < -0.3 is 19.5 Å². The largest absolute Gasteiger partial charge is 0.478 e. The third-order valence-electron chi connectivity index (χ3n) is 7.97. The average Bonchev–Trinajstić information content (AvgIpc) is 3.33. The van der Waals surface area contributed by atoms with Crippen molar-refractivity contribution in [2.75, 3.05) is 6.44 Å². The third kappa shape index (κ3) is 3.11. The van der Waals surface area contributed by atoms with Gasteiger partial charge in [-0.1, -0.05) is 38.3 Å². The quantitative estimate of drug-likeness (QED) is 0.769. The molecule has 1 saturated heterocycles. The van der Waals surface area contributed by atoms with Crippen molar-refractivity contribution >= 4 is 18.7 Å². The van der Waals surface area contributed by atoms with E-state index in [-0.39, 0.29) is 25.2 Å². The molecule has 0 aromatic heterocycles. The van der Waals surface area contributed by atoms with Gasteiger partial charge in [0.15, 0.2) is 0 Å². The van der Waals surface area contributed by atoms with Gasteiger partial charge in [0.1, 0.15) is 0 Å². The Morgan fingerprint density at radius 1 is 1.22 bits per heavy atom. The lowest BCUT2D eigenvalue weighted by atomic mass is 9.47. The van der Waals surface area contributed by atoms with Crippen LogP contribution in [0, 0.1) is 23.2 Å². The minimum atomic E-state index is -0.489. The summed E-state index contributed by atoms with van der Waals surface area (Å²) in [4.78, 5) is 17.9. The first-order valence-corrected chi connectivity index (χ1v) is 10.8. The van der Waals surface area contributed by atoms with Gasteiger partial charge in [0.05, 0.1) is 24.4 Å². The summed E-state index contributed by atoms with van der Waals surface area (Å²) >= 11 is 0. The normalized spacial score (nSPS) is 40.0. The lowest BCUT2D eigenvalue weighted by Crippen LogP contribution is -2.59. The Bertz CT molecular complexity index is 633. The van der Waals surface area contributed by atoms with Crippen molar-refractivity contribution in [2.24, 2.45) is 28.3 Å². The molecule has 2 heterocycles. The minimum absolute atomic E-state index is 0.101. The summed E-state index contributed by atoms with van der Waals surface area (Å²) in [6, 6.07) is 0. The third-order valence-corrected chi connectivity index (χ3v) is 7.97. The molecular weight excluding hydrogens is 343 g/mol. The zero-order chi connectivity index (χ0) is 18.6. The highest BCUT2D eigenvalue weighted by Gasteiger charge is 2.61. The molecule has 6 aliphatic rings. The van der Waals surface area contributed by atoms with Crippen molar-refractivity contribution in [1.29, 1.82) is 0 Å². The molecule has 4 aliphatic carbocycles. The van der Waals surface area contributed by atoms with E-state index in [1.165, 1.54) is 38.5 Å². The molecule has 5 fully saturated rings. The van der Waals surface area contributed by atoms with Crippen LogP contribution in [0.25, 0.3) is 0 Å². The standard InChI is InChI=1S/C20H31BN2O4/c1-20(2)13-8-14(20)18-16(9-13)25-21(26-18)11-22-19(24)17-10-15(23-27-17)12-6-4-3-5-7-12/h12-14,16-18H,3-11H2,1-2H3,(H,22,24)/t13-,14+,16?,17?,18?/m0/s1. The van der Waals surface area contributed by atoms with E-state index in [0.717, 1.165) is 18.1 Å². The molecule has 4 saturated carbocycles. The molecule has 3 unspecified atom stereocenters. The Morgan fingerprint density at radius 2 is 2.04 bits per heavy atom. The number of nitrogens with zero attached hydrogens (tertiary/aromatic N) is 1. The lowest BCUT2D eigenvalue weighted by Gasteiger charge is -2.60. The van der Waals surface area contributed by atoms with Crippen LogP contribution in [0.1, 0.15) is 65.2 Å². The van der Waals surface area contributed by atoms with E-state index in [9.17, 15) is 4.79 Å². The van der Waals surface area contributed by atoms with Gasteiger partial charge in [0, 0.05) is 12.3 Å². The minimum Gasteiger partial charge on any atom is -0.405 e. The predicted molar refractivity (Wildman–Crippen MR) is 102 cm³/mol. The average molecular weight is 374 g/mol. The van der Waals surface area contributed by atoms with Crippen LogP contribution >= 0.6 is 0 Å². The maximum atomic E-state index is 12.5. The van der Waals surface area contributed by atoms with E-state index in [0.29, 0.717) is 30.1 Å². The molecule has 0 spiro atoms. The highest BCUT2D eigenvalue weighted by molar-refractivity contribution is 6.45. The maximum absolute atomic E-state index is 12.5. The van der Waals surface area contributed by atoms with E-state index in [1.54, 1.807) is 0 Å². The second-order valence-electron chi connectivity index (χ2n) is 9.76. The molecule has 0 radical (unpaired) electrons. The maximum Gasteiger partial charge on any atom is 0.478 e. The number of oxime groups is 1. The van der Waals surface area contributed by atoms with Crippen LogP contribution in [0.4, 0.5) is 0 Å². The number of carbonyl (C=O) groups is 1. The lowest BCUT2D eigenvalue weighted by molar-refractivity contribution is -0.150. The topological polar surface area (TPSA) is 69.2 Å². The first-order valence-electron chi connectivity index (χ1n) is 10.8. The first-order chi connectivity index (χ1) is 13.0. The molecule has 0 aromatic carbocycles. The predicted octanol–water partition coefficient (Wildman–Crippen LogP) is 2.71. The number of carbonyl (C=O) groups excluding carboxylic acids is 1. The first kappa shape index (κ1) is 18.0. The van der Waals surface area contributed by atoms with Crippen molar-refractivity contribution in [3.63, 3.8) is 0 Å². The Labute approximate surface area is 161 Å². The van der Waals surface area contributed by atoms with Gasteiger partial charge in [-0.25, -0.2) is 0 Å². The number of hydrogen-bond acceptors (Lipinski definition) is 5. The smallest absolute Gasteiger partial charge is 0.405 e. The fourth-order valence-electron chi connectivity index (χ4n) is 6.01. The molecule has 2 aliphatic heterocycles. The Kier molecular flexibility index (Phi) is 4.51. The Balaban J connectivity index is 1.09. The second kappa shape index (κ2) is 6.76. The zero-order valence-corrected chi connectivity index (χ0v) is 16.5. The van der Waals surface area contributed by atoms with Crippen LogP contribution in [0.2, 0.25) is 0 Å². The number of hydrogen-bond donors (Lipinski definition) is 1. The van der Waals surface area contributed by atoms with E-state index < -0.39 is 6.10 Å².